The Labute approximate surface area is 191 Å². The third-order valence-corrected chi connectivity index (χ3v) is 5.68. The molecule has 1 aliphatic heterocycles. The highest BCUT2D eigenvalue weighted by atomic mass is 19.1. The van der Waals surface area contributed by atoms with Gasteiger partial charge in [-0.2, -0.15) is 0 Å². The number of aromatic nitrogens is 1. The van der Waals surface area contributed by atoms with Crippen LogP contribution in [0, 0.1) is 5.82 Å². The van der Waals surface area contributed by atoms with Crippen LogP contribution in [0.25, 0.3) is 0 Å². The fraction of sp³-hybridized carbons (Fsp3) is 0.292. The van der Waals surface area contributed by atoms with Crippen LogP contribution in [-0.2, 0) is 16.1 Å². The lowest BCUT2D eigenvalue weighted by atomic mass is 10.1. The highest BCUT2D eigenvalue weighted by Gasteiger charge is 2.27. The molecule has 1 fully saturated rings. The van der Waals surface area contributed by atoms with Crippen molar-refractivity contribution in [1.82, 2.24) is 20.5 Å². The largest absolute Gasteiger partial charge is 0.467 e. The van der Waals surface area contributed by atoms with Crippen LogP contribution in [0.4, 0.5) is 10.1 Å². The Balaban J connectivity index is 1.36. The van der Waals surface area contributed by atoms with E-state index in [1.165, 1.54) is 12.3 Å². The van der Waals surface area contributed by atoms with Gasteiger partial charge in [0.05, 0.1) is 24.5 Å². The Hall–Kier alpha value is -3.72. The molecule has 3 aromatic rings. The number of amides is 2. The smallest absolute Gasteiger partial charge is 0.309 e. The molecule has 3 heterocycles. The molecule has 0 unspecified atom stereocenters. The van der Waals surface area contributed by atoms with E-state index in [9.17, 15) is 14.0 Å². The lowest BCUT2D eigenvalue weighted by molar-refractivity contribution is -0.139. The molecule has 1 aliphatic rings. The van der Waals surface area contributed by atoms with Gasteiger partial charge in [-0.1, -0.05) is 18.2 Å². The van der Waals surface area contributed by atoms with Gasteiger partial charge in [0.2, 0.25) is 0 Å². The molecule has 33 heavy (non-hydrogen) atoms. The number of carbonyl (C=O) groups excluding carboxylic acids is 2. The molecule has 0 spiro atoms. The third-order valence-electron chi connectivity index (χ3n) is 5.68. The van der Waals surface area contributed by atoms with Crippen molar-refractivity contribution in [3.63, 3.8) is 0 Å². The van der Waals surface area contributed by atoms with Gasteiger partial charge in [0.15, 0.2) is 0 Å². The summed E-state index contributed by atoms with van der Waals surface area (Å²) in [5, 5.41) is 5.28. The van der Waals surface area contributed by atoms with E-state index in [2.05, 4.69) is 20.5 Å². The van der Waals surface area contributed by atoms with E-state index in [1.54, 1.807) is 36.7 Å². The maximum atomic E-state index is 14.2. The number of piperazine rings is 1. The quantitative estimate of drug-likeness (QED) is 0.535. The molecule has 2 N–H and O–H groups in total. The molecule has 0 aliphatic carbocycles. The summed E-state index contributed by atoms with van der Waals surface area (Å²) in [7, 11) is 0. The SMILES string of the molecule is O=C(NCc1ccco1)C(=O)NC[C@@H](c1cccnc1)N1CCN(c2ccccc2F)CC1. The molecule has 1 atom stereocenters. The maximum Gasteiger partial charge on any atom is 0.309 e. The first-order chi connectivity index (χ1) is 16.1. The zero-order valence-electron chi connectivity index (χ0n) is 18.1. The van der Waals surface area contributed by atoms with E-state index >= 15 is 0 Å². The summed E-state index contributed by atoms with van der Waals surface area (Å²) in [6, 6.07) is 13.8. The van der Waals surface area contributed by atoms with Crippen LogP contribution in [0.3, 0.4) is 0 Å². The van der Waals surface area contributed by atoms with E-state index < -0.39 is 11.8 Å². The molecule has 1 saturated heterocycles. The second-order valence-electron chi connectivity index (χ2n) is 7.75. The average molecular weight is 452 g/mol. The van der Waals surface area contributed by atoms with Gasteiger partial charge in [0.1, 0.15) is 11.6 Å². The number of pyridine rings is 1. The van der Waals surface area contributed by atoms with Crippen molar-refractivity contribution in [2.45, 2.75) is 12.6 Å². The molecule has 172 valence electrons. The number of rotatable bonds is 7. The van der Waals surface area contributed by atoms with Gasteiger partial charge in [0, 0.05) is 45.1 Å². The van der Waals surface area contributed by atoms with Crippen LogP contribution in [0.5, 0.6) is 0 Å². The minimum Gasteiger partial charge on any atom is -0.467 e. The standard InChI is InChI=1S/C24H26FN5O3/c25-20-7-1-2-8-21(20)29-10-12-30(13-11-29)22(18-5-3-9-26-15-18)17-28-24(32)23(31)27-16-19-6-4-14-33-19/h1-9,14-15,22H,10-13,16-17H2,(H,27,31)(H,28,32)/t22-/m0/s1. The predicted octanol–water partition coefficient (Wildman–Crippen LogP) is 2.11. The maximum absolute atomic E-state index is 14.2. The van der Waals surface area contributed by atoms with Crippen molar-refractivity contribution < 1.29 is 18.4 Å². The molecule has 4 rings (SSSR count). The monoisotopic (exact) mass is 451 g/mol. The van der Waals surface area contributed by atoms with Crippen molar-refractivity contribution in [3.05, 3.63) is 84.3 Å². The van der Waals surface area contributed by atoms with Crippen molar-refractivity contribution in [2.75, 3.05) is 37.6 Å². The molecule has 0 saturated carbocycles. The molecule has 8 nitrogen and oxygen atoms in total. The number of anilines is 1. The van der Waals surface area contributed by atoms with Crippen LogP contribution < -0.4 is 15.5 Å². The lowest BCUT2D eigenvalue weighted by Crippen LogP contribution is -2.51. The van der Waals surface area contributed by atoms with Gasteiger partial charge in [0.25, 0.3) is 0 Å². The van der Waals surface area contributed by atoms with Crippen molar-refractivity contribution in [1.29, 1.82) is 0 Å². The molecular weight excluding hydrogens is 425 g/mol. The molecule has 2 aromatic heterocycles. The second kappa shape index (κ2) is 10.7. The number of hydrogen-bond donors (Lipinski definition) is 2. The number of benzene rings is 1. The number of furan rings is 1. The summed E-state index contributed by atoms with van der Waals surface area (Å²) < 4.78 is 19.3. The van der Waals surface area contributed by atoms with E-state index in [1.807, 2.05) is 23.1 Å². The Bertz CT molecular complexity index is 1050. The van der Waals surface area contributed by atoms with E-state index in [0.717, 1.165) is 5.56 Å². The zero-order valence-corrected chi connectivity index (χ0v) is 18.1. The number of nitrogens with one attached hydrogen (secondary N) is 2. The summed E-state index contributed by atoms with van der Waals surface area (Å²) in [5.74, 6) is -1.10. The Kier molecular flexibility index (Phi) is 7.31. The normalized spacial score (nSPS) is 15.1. The Morgan fingerprint density at radius 2 is 1.79 bits per heavy atom. The van der Waals surface area contributed by atoms with Gasteiger partial charge in [-0.15, -0.1) is 0 Å². The van der Waals surface area contributed by atoms with Crippen LogP contribution in [-0.4, -0.2) is 54.4 Å². The third kappa shape index (κ3) is 5.75. The summed E-state index contributed by atoms with van der Waals surface area (Å²) in [6.07, 6.45) is 4.96. The molecule has 2 amide bonds. The first-order valence-corrected chi connectivity index (χ1v) is 10.8. The first kappa shape index (κ1) is 22.5. The number of halogens is 1. The van der Waals surface area contributed by atoms with E-state index in [4.69, 9.17) is 4.42 Å². The molecule has 0 bridgehead atoms. The minimum absolute atomic E-state index is 0.142. The van der Waals surface area contributed by atoms with Gasteiger partial charge < -0.3 is 20.0 Å². The summed E-state index contributed by atoms with van der Waals surface area (Å²) in [4.78, 5) is 33.0. The summed E-state index contributed by atoms with van der Waals surface area (Å²) in [5.41, 5.74) is 1.53. The van der Waals surface area contributed by atoms with Crippen molar-refractivity contribution in [3.8, 4) is 0 Å². The zero-order chi connectivity index (χ0) is 23.0. The van der Waals surface area contributed by atoms with Gasteiger partial charge in [-0.05, 0) is 35.9 Å². The van der Waals surface area contributed by atoms with Crippen LogP contribution in [0.2, 0.25) is 0 Å². The number of para-hydroxylation sites is 1. The fourth-order valence-electron chi connectivity index (χ4n) is 3.94. The number of hydrogen-bond acceptors (Lipinski definition) is 6. The van der Waals surface area contributed by atoms with Crippen LogP contribution >= 0.6 is 0 Å². The highest BCUT2D eigenvalue weighted by Crippen LogP contribution is 2.25. The highest BCUT2D eigenvalue weighted by molar-refractivity contribution is 6.35. The Morgan fingerprint density at radius 3 is 2.48 bits per heavy atom. The van der Waals surface area contributed by atoms with Gasteiger partial charge >= 0.3 is 11.8 Å². The average Bonchev–Trinajstić information content (AvgIpc) is 3.38. The molecular formula is C24H26FN5O3. The number of nitrogens with zero attached hydrogens (tertiary/aromatic N) is 3. The topological polar surface area (TPSA) is 90.7 Å². The van der Waals surface area contributed by atoms with Gasteiger partial charge in [-0.3, -0.25) is 19.5 Å². The minimum atomic E-state index is -0.722. The molecule has 9 heteroatoms. The van der Waals surface area contributed by atoms with E-state index in [-0.39, 0.29) is 24.9 Å². The molecule has 0 radical (unpaired) electrons. The van der Waals surface area contributed by atoms with Gasteiger partial charge in [-0.25, -0.2) is 4.39 Å². The van der Waals surface area contributed by atoms with Crippen LogP contribution in [0.15, 0.2) is 71.6 Å². The van der Waals surface area contributed by atoms with Crippen molar-refractivity contribution in [2.24, 2.45) is 0 Å². The Morgan fingerprint density at radius 1 is 1.00 bits per heavy atom. The summed E-state index contributed by atoms with van der Waals surface area (Å²) >= 11 is 0. The summed E-state index contributed by atoms with van der Waals surface area (Å²) in [6.45, 7) is 3.04. The second-order valence-corrected chi connectivity index (χ2v) is 7.75. The molecule has 1 aromatic carbocycles. The first-order valence-electron chi connectivity index (χ1n) is 10.8. The number of carbonyl (C=O) groups is 2. The fourth-order valence-corrected chi connectivity index (χ4v) is 3.94. The van der Waals surface area contributed by atoms with Crippen molar-refractivity contribution >= 4 is 17.5 Å². The van der Waals surface area contributed by atoms with Crippen LogP contribution in [0.1, 0.15) is 17.4 Å². The lowest BCUT2D eigenvalue weighted by Gasteiger charge is -2.40. The van der Waals surface area contributed by atoms with E-state index in [0.29, 0.717) is 37.6 Å². The predicted molar refractivity (Wildman–Crippen MR) is 121 cm³/mol.